The summed E-state index contributed by atoms with van der Waals surface area (Å²) in [4.78, 5) is 4.23. The predicted octanol–water partition coefficient (Wildman–Crippen LogP) is 2.26. The van der Waals surface area contributed by atoms with Gasteiger partial charge in [0.05, 0.1) is 6.10 Å². The lowest BCUT2D eigenvalue weighted by atomic mass is 10.0. The lowest BCUT2D eigenvalue weighted by molar-refractivity contribution is 0.162. The molecule has 1 aromatic carbocycles. The molecule has 0 fully saturated rings. The molecule has 2 rings (SSSR count). The Morgan fingerprint density at radius 2 is 2.11 bits per heavy atom. The lowest BCUT2D eigenvalue weighted by Crippen LogP contribution is -2.14. The number of hydrogen-bond acceptors (Lipinski definition) is 2. The van der Waals surface area contributed by atoms with Crippen LogP contribution in [0.25, 0.3) is 0 Å². The lowest BCUT2D eigenvalue weighted by Gasteiger charge is -2.11. The summed E-state index contributed by atoms with van der Waals surface area (Å²) < 4.78 is 1.96. The molecule has 0 aliphatic heterocycles. The Morgan fingerprint density at radius 3 is 2.78 bits per heavy atom. The molecule has 18 heavy (non-hydrogen) atoms. The van der Waals surface area contributed by atoms with E-state index in [2.05, 4.69) is 24.0 Å². The number of aliphatic hydroxyl groups excluding tert-OH is 1. The number of hydrogen-bond donors (Lipinski definition) is 1. The Kier molecular flexibility index (Phi) is 4.15. The highest BCUT2D eigenvalue weighted by Crippen LogP contribution is 2.12. The first-order chi connectivity index (χ1) is 8.66. The zero-order valence-corrected chi connectivity index (χ0v) is 11.0. The SMILES string of the molecule is Cc1ccccc1CCC(O)Cc1nccn1C. The van der Waals surface area contributed by atoms with Gasteiger partial charge in [0.15, 0.2) is 0 Å². The van der Waals surface area contributed by atoms with Crippen molar-refractivity contribution in [2.24, 2.45) is 7.05 Å². The number of imidazole rings is 1. The van der Waals surface area contributed by atoms with Crippen molar-refractivity contribution < 1.29 is 5.11 Å². The average Bonchev–Trinajstić information content (AvgIpc) is 2.74. The van der Waals surface area contributed by atoms with E-state index in [-0.39, 0.29) is 6.10 Å². The molecule has 0 saturated heterocycles. The molecule has 0 aliphatic carbocycles. The van der Waals surface area contributed by atoms with Crippen LogP contribution in [0.4, 0.5) is 0 Å². The maximum atomic E-state index is 10.0. The van der Waals surface area contributed by atoms with Crippen molar-refractivity contribution in [3.05, 3.63) is 53.6 Å². The highest BCUT2D eigenvalue weighted by atomic mass is 16.3. The molecule has 3 nitrogen and oxygen atoms in total. The van der Waals surface area contributed by atoms with Crippen LogP contribution in [0.3, 0.4) is 0 Å². The number of rotatable bonds is 5. The van der Waals surface area contributed by atoms with Crippen LogP contribution in [0, 0.1) is 6.92 Å². The van der Waals surface area contributed by atoms with E-state index in [0.29, 0.717) is 6.42 Å². The third-order valence-electron chi connectivity index (χ3n) is 3.35. The Balaban J connectivity index is 1.87. The second kappa shape index (κ2) is 5.83. The second-order valence-electron chi connectivity index (χ2n) is 4.78. The topological polar surface area (TPSA) is 38.1 Å². The fourth-order valence-corrected chi connectivity index (χ4v) is 2.12. The van der Waals surface area contributed by atoms with Crippen molar-refractivity contribution in [3.8, 4) is 0 Å². The van der Waals surface area contributed by atoms with Crippen molar-refractivity contribution in [3.63, 3.8) is 0 Å². The second-order valence-corrected chi connectivity index (χ2v) is 4.78. The van der Waals surface area contributed by atoms with Crippen LogP contribution < -0.4 is 0 Å². The normalized spacial score (nSPS) is 12.6. The minimum Gasteiger partial charge on any atom is -0.393 e. The summed E-state index contributed by atoms with van der Waals surface area (Å²) in [5, 5.41) is 10.0. The third kappa shape index (κ3) is 3.20. The van der Waals surface area contributed by atoms with E-state index in [0.717, 1.165) is 18.7 Å². The molecule has 1 unspecified atom stereocenters. The quantitative estimate of drug-likeness (QED) is 0.876. The minimum absolute atomic E-state index is 0.328. The molecule has 2 aromatic rings. The predicted molar refractivity (Wildman–Crippen MR) is 72.4 cm³/mol. The van der Waals surface area contributed by atoms with E-state index in [9.17, 15) is 5.11 Å². The molecule has 3 heteroatoms. The zero-order chi connectivity index (χ0) is 13.0. The van der Waals surface area contributed by atoms with Gasteiger partial charge < -0.3 is 9.67 Å². The monoisotopic (exact) mass is 244 g/mol. The van der Waals surface area contributed by atoms with Gasteiger partial charge in [0.25, 0.3) is 0 Å². The van der Waals surface area contributed by atoms with Gasteiger partial charge in [-0.05, 0) is 30.9 Å². The van der Waals surface area contributed by atoms with Gasteiger partial charge in [-0.1, -0.05) is 24.3 Å². The third-order valence-corrected chi connectivity index (χ3v) is 3.35. The fourth-order valence-electron chi connectivity index (χ4n) is 2.12. The van der Waals surface area contributed by atoms with E-state index in [1.165, 1.54) is 11.1 Å². The van der Waals surface area contributed by atoms with Crippen molar-refractivity contribution in [1.29, 1.82) is 0 Å². The molecule has 1 atom stereocenters. The van der Waals surface area contributed by atoms with Crippen LogP contribution >= 0.6 is 0 Å². The molecule has 96 valence electrons. The van der Waals surface area contributed by atoms with Crippen molar-refractivity contribution >= 4 is 0 Å². The van der Waals surface area contributed by atoms with Gasteiger partial charge in [0.1, 0.15) is 5.82 Å². The van der Waals surface area contributed by atoms with Crippen molar-refractivity contribution in [2.45, 2.75) is 32.3 Å². The number of aryl methyl sites for hydroxylation is 3. The molecule has 1 heterocycles. The minimum atomic E-state index is -0.328. The summed E-state index contributed by atoms with van der Waals surface area (Å²) >= 11 is 0. The molecule has 0 amide bonds. The zero-order valence-electron chi connectivity index (χ0n) is 11.0. The molecule has 1 N–H and O–H groups in total. The Bertz CT molecular complexity index is 505. The van der Waals surface area contributed by atoms with Crippen LogP contribution in [0.15, 0.2) is 36.7 Å². The van der Waals surface area contributed by atoms with Crippen LogP contribution in [-0.2, 0) is 19.9 Å². The molecular weight excluding hydrogens is 224 g/mol. The molecule has 0 bridgehead atoms. The van der Waals surface area contributed by atoms with E-state index >= 15 is 0 Å². The highest BCUT2D eigenvalue weighted by molar-refractivity contribution is 5.25. The smallest absolute Gasteiger partial charge is 0.110 e. The molecule has 0 saturated carbocycles. The van der Waals surface area contributed by atoms with Gasteiger partial charge in [0, 0.05) is 25.9 Å². The first-order valence-electron chi connectivity index (χ1n) is 6.35. The number of aliphatic hydroxyl groups is 1. The van der Waals surface area contributed by atoms with E-state index < -0.39 is 0 Å². The molecule has 1 aromatic heterocycles. The standard InChI is InChI=1S/C15H20N2O/c1-12-5-3-4-6-13(12)7-8-14(18)11-15-16-9-10-17(15)2/h3-6,9-10,14,18H,7-8,11H2,1-2H3. The Morgan fingerprint density at radius 1 is 1.33 bits per heavy atom. The first-order valence-corrected chi connectivity index (χ1v) is 6.35. The van der Waals surface area contributed by atoms with E-state index in [1.54, 1.807) is 6.20 Å². The van der Waals surface area contributed by atoms with Gasteiger partial charge in [-0.3, -0.25) is 0 Å². The summed E-state index contributed by atoms with van der Waals surface area (Å²) in [6.07, 6.45) is 5.66. The summed E-state index contributed by atoms with van der Waals surface area (Å²) in [5.41, 5.74) is 2.61. The van der Waals surface area contributed by atoms with Crippen molar-refractivity contribution in [2.75, 3.05) is 0 Å². The number of aromatic nitrogens is 2. The van der Waals surface area contributed by atoms with Crippen LogP contribution in [0.5, 0.6) is 0 Å². The van der Waals surface area contributed by atoms with Gasteiger partial charge in [-0.15, -0.1) is 0 Å². The van der Waals surface area contributed by atoms with Crippen LogP contribution in [0.2, 0.25) is 0 Å². The summed E-state index contributed by atoms with van der Waals surface area (Å²) in [6, 6.07) is 8.33. The van der Waals surface area contributed by atoms with Gasteiger partial charge in [-0.25, -0.2) is 4.98 Å². The van der Waals surface area contributed by atoms with Gasteiger partial charge in [-0.2, -0.15) is 0 Å². The number of benzene rings is 1. The molecule has 0 radical (unpaired) electrons. The Labute approximate surface area is 108 Å². The van der Waals surface area contributed by atoms with Gasteiger partial charge in [0.2, 0.25) is 0 Å². The summed E-state index contributed by atoms with van der Waals surface area (Å²) in [7, 11) is 1.95. The maximum absolute atomic E-state index is 10.0. The first kappa shape index (κ1) is 12.8. The van der Waals surface area contributed by atoms with Gasteiger partial charge >= 0.3 is 0 Å². The molecular formula is C15H20N2O. The van der Waals surface area contributed by atoms with Crippen LogP contribution in [0.1, 0.15) is 23.4 Å². The molecule has 0 aliphatic rings. The van der Waals surface area contributed by atoms with E-state index in [4.69, 9.17) is 0 Å². The van der Waals surface area contributed by atoms with Crippen LogP contribution in [-0.4, -0.2) is 20.8 Å². The molecule has 0 spiro atoms. The fraction of sp³-hybridized carbons (Fsp3) is 0.400. The number of nitrogens with zero attached hydrogens (tertiary/aromatic N) is 2. The summed E-state index contributed by atoms with van der Waals surface area (Å²) in [6.45, 7) is 2.11. The van der Waals surface area contributed by atoms with E-state index in [1.807, 2.05) is 29.9 Å². The summed E-state index contributed by atoms with van der Waals surface area (Å²) in [5.74, 6) is 0.937. The van der Waals surface area contributed by atoms with Crippen molar-refractivity contribution in [1.82, 2.24) is 9.55 Å². The maximum Gasteiger partial charge on any atom is 0.110 e. The average molecular weight is 244 g/mol. The Hall–Kier alpha value is -1.61. The largest absolute Gasteiger partial charge is 0.393 e. The highest BCUT2D eigenvalue weighted by Gasteiger charge is 2.09.